The summed E-state index contributed by atoms with van der Waals surface area (Å²) < 4.78 is 5.78. The van der Waals surface area contributed by atoms with E-state index in [-0.39, 0.29) is 0 Å². The summed E-state index contributed by atoms with van der Waals surface area (Å²) in [6.07, 6.45) is 5.53. The maximum Gasteiger partial charge on any atom is 0.248 e. The molecule has 20 heavy (non-hydrogen) atoms. The Morgan fingerprint density at radius 1 is 1.25 bits per heavy atom. The third-order valence-electron chi connectivity index (χ3n) is 3.67. The highest BCUT2D eigenvalue weighted by Gasteiger charge is 2.19. The van der Waals surface area contributed by atoms with Crippen LogP contribution in [0.15, 0.2) is 28.7 Å². The standard InChI is InChI=1S/C16H21N3O/c1-2-12-6-3-4-7-14(12)16-19-18-15(20-16)8-5-11-17-13-9-10-13/h3-4,6-7,13,17H,2,5,8-11H2,1H3. The average Bonchev–Trinajstić information content (AvgIpc) is 3.20. The topological polar surface area (TPSA) is 51.0 Å². The molecule has 3 rings (SSSR count). The van der Waals surface area contributed by atoms with Gasteiger partial charge in [-0.15, -0.1) is 10.2 Å². The molecule has 1 aliphatic rings. The number of nitrogens with zero attached hydrogens (tertiary/aromatic N) is 2. The summed E-state index contributed by atoms with van der Waals surface area (Å²) in [4.78, 5) is 0. The van der Waals surface area contributed by atoms with Crippen molar-refractivity contribution in [2.24, 2.45) is 0 Å². The van der Waals surface area contributed by atoms with Gasteiger partial charge < -0.3 is 9.73 Å². The predicted octanol–water partition coefficient (Wildman–Crippen LogP) is 2.98. The number of aromatic nitrogens is 2. The van der Waals surface area contributed by atoms with Crippen LogP contribution in [0.4, 0.5) is 0 Å². The van der Waals surface area contributed by atoms with Crippen molar-refractivity contribution in [2.75, 3.05) is 6.54 Å². The third kappa shape index (κ3) is 3.25. The van der Waals surface area contributed by atoms with Crippen LogP contribution in [0.25, 0.3) is 11.5 Å². The van der Waals surface area contributed by atoms with Gasteiger partial charge in [0.25, 0.3) is 0 Å². The zero-order valence-corrected chi connectivity index (χ0v) is 11.9. The summed E-state index contributed by atoms with van der Waals surface area (Å²) in [5.74, 6) is 1.39. The molecule has 0 radical (unpaired) electrons. The number of hydrogen-bond donors (Lipinski definition) is 1. The molecule has 4 heteroatoms. The Balaban J connectivity index is 1.60. The van der Waals surface area contributed by atoms with Crippen LogP contribution in [-0.4, -0.2) is 22.8 Å². The van der Waals surface area contributed by atoms with Gasteiger partial charge in [-0.3, -0.25) is 0 Å². The van der Waals surface area contributed by atoms with Gasteiger partial charge in [-0.05, 0) is 43.9 Å². The second kappa shape index (κ2) is 6.18. The van der Waals surface area contributed by atoms with Gasteiger partial charge in [-0.1, -0.05) is 25.1 Å². The molecule has 1 aromatic carbocycles. The molecule has 1 aliphatic carbocycles. The highest BCUT2D eigenvalue weighted by molar-refractivity contribution is 5.58. The number of rotatable bonds is 7. The minimum Gasteiger partial charge on any atom is -0.421 e. The number of benzene rings is 1. The number of hydrogen-bond acceptors (Lipinski definition) is 4. The Bertz CT molecular complexity index is 560. The van der Waals surface area contributed by atoms with Crippen molar-refractivity contribution < 1.29 is 4.42 Å². The van der Waals surface area contributed by atoms with Gasteiger partial charge in [0.2, 0.25) is 11.8 Å². The van der Waals surface area contributed by atoms with Gasteiger partial charge >= 0.3 is 0 Å². The summed E-state index contributed by atoms with van der Waals surface area (Å²) in [7, 11) is 0. The van der Waals surface area contributed by atoms with E-state index >= 15 is 0 Å². The molecule has 1 fully saturated rings. The smallest absolute Gasteiger partial charge is 0.248 e. The summed E-state index contributed by atoms with van der Waals surface area (Å²) in [6, 6.07) is 8.98. The highest BCUT2D eigenvalue weighted by atomic mass is 16.4. The quantitative estimate of drug-likeness (QED) is 0.787. The Labute approximate surface area is 119 Å². The molecule has 0 saturated heterocycles. The fourth-order valence-electron chi connectivity index (χ4n) is 2.33. The fraction of sp³-hybridized carbons (Fsp3) is 0.500. The first kappa shape index (κ1) is 13.3. The SMILES string of the molecule is CCc1ccccc1-c1nnc(CCCNC2CC2)o1. The molecule has 1 saturated carbocycles. The van der Waals surface area contributed by atoms with Gasteiger partial charge in [-0.25, -0.2) is 0 Å². The van der Waals surface area contributed by atoms with Crippen LogP contribution in [0.1, 0.15) is 37.6 Å². The summed E-state index contributed by atoms with van der Waals surface area (Å²) >= 11 is 0. The van der Waals surface area contributed by atoms with Crippen LogP contribution in [0.2, 0.25) is 0 Å². The van der Waals surface area contributed by atoms with E-state index < -0.39 is 0 Å². The summed E-state index contributed by atoms with van der Waals surface area (Å²) in [5, 5.41) is 11.8. The number of aryl methyl sites for hydroxylation is 2. The van der Waals surface area contributed by atoms with E-state index in [0.717, 1.165) is 43.3 Å². The summed E-state index contributed by atoms with van der Waals surface area (Å²) in [6.45, 7) is 3.17. The van der Waals surface area contributed by atoms with E-state index in [4.69, 9.17) is 4.42 Å². The Morgan fingerprint density at radius 2 is 2.10 bits per heavy atom. The van der Waals surface area contributed by atoms with Crippen LogP contribution in [0, 0.1) is 0 Å². The van der Waals surface area contributed by atoms with E-state index in [9.17, 15) is 0 Å². The third-order valence-corrected chi connectivity index (χ3v) is 3.67. The fourth-order valence-corrected chi connectivity index (χ4v) is 2.33. The van der Waals surface area contributed by atoms with Gasteiger partial charge in [0.05, 0.1) is 0 Å². The Morgan fingerprint density at radius 3 is 2.90 bits per heavy atom. The van der Waals surface area contributed by atoms with Gasteiger partial charge in [0.15, 0.2) is 0 Å². The lowest BCUT2D eigenvalue weighted by Gasteiger charge is -2.02. The van der Waals surface area contributed by atoms with Crippen molar-refractivity contribution >= 4 is 0 Å². The second-order valence-corrected chi connectivity index (χ2v) is 5.34. The zero-order valence-electron chi connectivity index (χ0n) is 11.9. The molecule has 1 heterocycles. The minimum absolute atomic E-state index is 0.646. The van der Waals surface area contributed by atoms with E-state index in [1.54, 1.807) is 0 Å². The van der Waals surface area contributed by atoms with Crippen molar-refractivity contribution in [1.82, 2.24) is 15.5 Å². The lowest BCUT2D eigenvalue weighted by molar-refractivity contribution is 0.490. The first-order valence-electron chi connectivity index (χ1n) is 7.51. The van der Waals surface area contributed by atoms with Crippen molar-refractivity contribution in [3.05, 3.63) is 35.7 Å². The van der Waals surface area contributed by atoms with Crippen molar-refractivity contribution in [1.29, 1.82) is 0 Å². The monoisotopic (exact) mass is 271 g/mol. The molecular weight excluding hydrogens is 250 g/mol. The van der Waals surface area contributed by atoms with E-state index in [1.807, 2.05) is 18.2 Å². The van der Waals surface area contributed by atoms with Gasteiger partial charge in [0.1, 0.15) is 0 Å². The average molecular weight is 271 g/mol. The van der Waals surface area contributed by atoms with E-state index in [0.29, 0.717) is 5.89 Å². The molecule has 1 aromatic heterocycles. The zero-order chi connectivity index (χ0) is 13.8. The molecule has 0 unspecified atom stereocenters. The first-order chi connectivity index (χ1) is 9.86. The minimum atomic E-state index is 0.646. The maximum atomic E-state index is 5.78. The predicted molar refractivity (Wildman–Crippen MR) is 78.5 cm³/mol. The second-order valence-electron chi connectivity index (χ2n) is 5.34. The van der Waals surface area contributed by atoms with E-state index in [2.05, 4.69) is 28.5 Å². The molecule has 106 valence electrons. The molecule has 0 bridgehead atoms. The van der Waals surface area contributed by atoms with Crippen LogP contribution >= 0.6 is 0 Å². The molecule has 4 nitrogen and oxygen atoms in total. The van der Waals surface area contributed by atoms with E-state index in [1.165, 1.54) is 18.4 Å². The molecule has 0 spiro atoms. The Kier molecular flexibility index (Phi) is 4.11. The lowest BCUT2D eigenvalue weighted by Crippen LogP contribution is -2.17. The molecule has 1 N–H and O–H groups in total. The van der Waals surface area contributed by atoms with Crippen LogP contribution in [0.3, 0.4) is 0 Å². The Hall–Kier alpha value is -1.68. The molecular formula is C16H21N3O. The molecule has 0 atom stereocenters. The van der Waals surface area contributed by atoms with Crippen molar-refractivity contribution in [3.63, 3.8) is 0 Å². The van der Waals surface area contributed by atoms with Crippen molar-refractivity contribution in [3.8, 4) is 11.5 Å². The molecule has 0 aliphatic heterocycles. The molecule has 2 aromatic rings. The highest BCUT2D eigenvalue weighted by Crippen LogP contribution is 2.23. The molecule has 0 amide bonds. The normalized spacial score (nSPS) is 14.7. The summed E-state index contributed by atoms with van der Waals surface area (Å²) in [5.41, 5.74) is 2.31. The largest absolute Gasteiger partial charge is 0.421 e. The number of nitrogens with one attached hydrogen (secondary N) is 1. The first-order valence-corrected chi connectivity index (χ1v) is 7.51. The van der Waals surface area contributed by atoms with Gasteiger partial charge in [-0.2, -0.15) is 0 Å². The van der Waals surface area contributed by atoms with Crippen molar-refractivity contribution in [2.45, 2.75) is 45.1 Å². The van der Waals surface area contributed by atoms with Gasteiger partial charge in [0, 0.05) is 18.0 Å². The lowest BCUT2D eigenvalue weighted by atomic mass is 10.1. The van der Waals surface area contributed by atoms with Crippen LogP contribution < -0.4 is 5.32 Å². The maximum absolute atomic E-state index is 5.78. The van der Waals surface area contributed by atoms with Crippen LogP contribution in [0.5, 0.6) is 0 Å². The van der Waals surface area contributed by atoms with Crippen LogP contribution in [-0.2, 0) is 12.8 Å².